The number of rotatable bonds is 4. The predicted octanol–water partition coefficient (Wildman–Crippen LogP) is 3.04. The third-order valence-corrected chi connectivity index (χ3v) is 5.90. The van der Waals surface area contributed by atoms with Crippen LogP contribution in [0.4, 0.5) is 4.39 Å². The highest BCUT2D eigenvalue weighted by Gasteiger charge is 2.33. The first kappa shape index (κ1) is 20.1. The second-order valence-corrected chi connectivity index (χ2v) is 7.67. The summed E-state index contributed by atoms with van der Waals surface area (Å²) in [5, 5.41) is 0.278. The smallest absolute Gasteiger partial charge is 0.227 e. The molecule has 0 N–H and O–H groups in total. The van der Waals surface area contributed by atoms with Crippen molar-refractivity contribution in [3.8, 4) is 0 Å². The fraction of sp³-hybridized carbons (Fsp3) is 0.600. The lowest BCUT2D eigenvalue weighted by Crippen LogP contribution is -2.53. The van der Waals surface area contributed by atoms with Crippen LogP contribution in [0.3, 0.4) is 0 Å². The molecule has 0 saturated carbocycles. The number of piperidine rings is 1. The Kier molecular flexibility index (Phi) is 6.71. The zero-order chi connectivity index (χ0) is 19.4. The highest BCUT2D eigenvalue weighted by atomic mass is 35.5. The van der Waals surface area contributed by atoms with E-state index >= 15 is 0 Å². The van der Waals surface area contributed by atoms with Crippen LogP contribution in [0.1, 0.15) is 38.2 Å². The van der Waals surface area contributed by atoms with Crippen LogP contribution in [0.2, 0.25) is 5.02 Å². The maximum Gasteiger partial charge on any atom is 0.227 e. The van der Waals surface area contributed by atoms with Crippen LogP contribution in [0, 0.1) is 5.82 Å². The number of benzene rings is 1. The molecule has 148 valence electrons. The number of hydrogen-bond acceptors (Lipinski definition) is 3. The molecule has 1 aromatic rings. The van der Waals surface area contributed by atoms with E-state index in [1.807, 2.05) is 4.90 Å². The van der Waals surface area contributed by atoms with Crippen LogP contribution >= 0.6 is 11.6 Å². The second-order valence-electron chi connectivity index (χ2n) is 7.26. The van der Waals surface area contributed by atoms with Gasteiger partial charge >= 0.3 is 0 Å². The van der Waals surface area contributed by atoms with Gasteiger partial charge < -0.3 is 14.5 Å². The molecule has 3 rings (SSSR count). The summed E-state index contributed by atoms with van der Waals surface area (Å²) in [5.74, 6) is -0.487. The van der Waals surface area contributed by atoms with Crippen molar-refractivity contribution in [3.05, 3.63) is 34.6 Å². The van der Waals surface area contributed by atoms with Gasteiger partial charge in [0.2, 0.25) is 11.8 Å². The summed E-state index contributed by atoms with van der Waals surface area (Å²) in [4.78, 5) is 28.6. The molecule has 1 aromatic carbocycles. The van der Waals surface area contributed by atoms with Gasteiger partial charge in [0, 0.05) is 55.9 Å². The summed E-state index contributed by atoms with van der Waals surface area (Å²) < 4.78 is 19.3. The molecular formula is C20H26ClFN2O3. The fourth-order valence-electron chi connectivity index (χ4n) is 4.13. The first-order valence-electron chi connectivity index (χ1n) is 9.54. The molecule has 0 radical (unpaired) electrons. The Morgan fingerprint density at radius 3 is 2.41 bits per heavy atom. The molecule has 2 heterocycles. The van der Waals surface area contributed by atoms with Crippen molar-refractivity contribution in [2.75, 3.05) is 26.3 Å². The van der Waals surface area contributed by atoms with E-state index in [1.165, 1.54) is 12.1 Å². The minimum Gasteiger partial charge on any atom is -0.381 e. The molecular weight excluding hydrogens is 371 g/mol. The van der Waals surface area contributed by atoms with Crippen LogP contribution < -0.4 is 0 Å². The van der Waals surface area contributed by atoms with E-state index in [0.717, 1.165) is 25.7 Å². The van der Waals surface area contributed by atoms with E-state index in [0.29, 0.717) is 26.3 Å². The SMILES string of the molecule is CC(=O)N(C1CCOCC1)C1CCN(C(=O)Cc2c(F)cccc2Cl)CC1. The minimum atomic E-state index is -0.451. The highest BCUT2D eigenvalue weighted by molar-refractivity contribution is 6.31. The molecule has 2 fully saturated rings. The lowest BCUT2D eigenvalue weighted by Gasteiger charge is -2.43. The summed E-state index contributed by atoms with van der Waals surface area (Å²) in [6.45, 7) is 4.14. The van der Waals surface area contributed by atoms with E-state index in [1.54, 1.807) is 17.9 Å². The van der Waals surface area contributed by atoms with Gasteiger partial charge in [-0.25, -0.2) is 4.39 Å². The van der Waals surface area contributed by atoms with E-state index in [2.05, 4.69) is 0 Å². The van der Waals surface area contributed by atoms with Crippen LogP contribution in [0.5, 0.6) is 0 Å². The monoisotopic (exact) mass is 396 g/mol. The number of nitrogens with zero attached hydrogens (tertiary/aromatic N) is 2. The van der Waals surface area contributed by atoms with Crippen molar-refractivity contribution in [1.82, 2.24) is 9.80 Å². The first-order valence-corrected chi connectivity index (χ1v) is 9.92. The topological polar surface area (TPSA) is 49.9 Å². The Bertz CT molecular complexity index is 666. The van der Waals surface area contributed by atoms with E-state index in [4.69, 9.17) is 16.3 Å². The Morgan fingerprint density at radius 1 is 1.19 bits per heavy atom. The van der Waals surface area contributed by atoms with Crippen molar-refractivity contribution in [1.29, 1.82) is 0 Å². The summed E-state index contributed by atoms with van der Waals surface area (Å²) in [7, 11) is 0. The predicted molar refractivity (Wildman–Crippen MR) is 101 cm³/mol. The average molecular weight is 397 g/mol. The molecule has 2 aliphatic heterocycles. The molecule has 0 aromatic heterocycles. The van der Waals surface area contributed by atoms with Crippen molar-refractivity contribution in [3.63, 3.8) is 0 Å². The zero-order valence-electron chi connectivity index (χ0n) is 15.6. The highest BCUT2D eigenvalue weighted by Crippen LogP contribution is 2.25. The lowest BCUT2D eigenvalue weighted by atomic mass is 9.97. The van der Waals surface area contributed by atoms with E-state index in [9.17, 15) is 14.0 Å². The molecule has 2 saturated heterocycles. The van der Waals surface area contributed by atoms with Crippen LogP contribution in [-0.4, -0.2) is 60.0 Å². The van der Waals surface area contributed by atoms with Crippen molar-refractivity contribution < 1.29 is 18.7 Å². The van der Waals surface area contributed by atoms with Crippen molar-refractivity contribution in [2.45, 2.75) is 51.1 Å². The number of carbonyl (C=O) groups is 2. The van der Waals surface area contributed by atoms with Gasteiger partial charge in [0.1, 0.15) is 5.82 Å². The number of carbonyl (C=O) groups excluding carboxylic acids is 2. The quantitative estimate of drug-likeness (QED) is 0.786. The van der Waals surface area contributed by atoms with Crippen molar-refractivity contribution in [2.24, 2.45) is 0 Å². The Labute approximate surface area is 164 Å². The summed E-state index contributed by atoms with van der Waals surface area (Å²) in [6.07, 6.45) is 3.18. The van der Waals surface area contributed by atoms with Gasteiger partial charge in [0.15, 0.2) is 0 Å². The largest absolute Gasteiger partial charge is 0.381 e. The molecule has 0 bridgehead atoms. The van der Waals surface area contributed by atoms with Gasteiger partial charge in [-0.05, 0) is 37.8 Å². The summed E-state index contributed by atoms with van der Waals surface area (Å²) in [6, 6.07) is 4.81. The molecule has 2 amide bonds. The number of amides is 2. The summed E-state index contributed by atoms with van der Waals surface area (Å²) >= 11 is 6.03. The molecule has 0 aliphatic carbocycles. The zero-order valence-corrected chi connectivity index (χ0v) is 16.4. The van der Waals surface area contributed by atoms with Crippen LogP contribution in [-0.2, 0) is 20.7 Å². The molecule has 0 spiro atoms. The van der Waals surface area contributed by atoms with Gasteiger partial charge in [-0.1, -0.05) is 17.7 Å². The van der Waals surface area contributed by atoms with Gasteiger partial charge in [-0.15, -0.1) is 0 Å². The van der Waals surface area contributed by atoms with Crippen molar-refractivity contribution >= 4 is 23.4 Å². The number of likely N-dealkylation sites (tertiary alicyclic amines) is 1. The lowest BCUT2D eigenvalue weighted by molar-refractivity contribution is -0.139. The average Bonchev–Trinajstić information content (AvgIpc) is 2.66. The van der Waals surface area contributed by atoms with E-state index in [-0.39, 0.29) is 40.9 Å². The summed E-state index contributed by atoms with van der Waals surface area (Å²) in [5.41, 5.74) is 0.249. The Balaban J connectivity index is 1.59. The molecule has 27 heavy (non-hydrogen) atoms. The molecule has 2 aliphatic rings. The van der Waals surface area contributed by atoms with Gasteiger partial charge in [-0.3, -0.25) is 9.59 Å². The third kappa shape index (κ3) is 4.79. The van der Waals surface area contributed by atoms with Crippen LogP contribution in [0.15, 0.2) is 18.2 Å². The third-order valence-electron chi connectivity index (χ3n) is 5.55. The van der Waals surface area contributed by atoms with Gasteiger partial charge in [0.05, 0.1) is 6.42 Å². The van der Waals surface area contributed by atoms with Gasteiger partial charge in [0.25, 0.3) is 0 Å². The standard InChI is InChI=1S/C20H26ClFN2O3/c1-14(25)24(16-7-11-27-12-8-16)15-5-9-23(10-6-15)20(26)13-17-18(21)3-2-4-19(17)22/h2-4,15-16H,5-13H2,1H3. The Morgan fingerprint density at radius 2 is 1.81 bits per heavy atom. The second kappa shape index (κ2) is 9.02. The molecule has 0 atom stereocenters. The molecule has 0 unspecified atom stereocenters. The van der Waals surface area contributed by atoms with E-state index < -0.39 is 5.82 Å². The number of ether oxygens (including phenoxy) is 1. The maximum absolute atomic E-state index is 13.9. The fourth-order valence-corrected chi connectivity index (χ4v) is 4.36. The van der Waals surface area contributed by atoms with Gasteiger partial charge in [-0.2, -0.15) is 0 Å². The normalized spacial score (nSPS) is 19.1. The number of hydrogen-bond donors (Lipinski definition) is 0. The first-order chi connectivity index (χ1) is 13.0. The van der Waals surface area contributed by atoms with Crippen LogP contribution in [0.25, 0.3) is 0 Å². The molecule has 5 nitrogen and oxygen atoms in total. The number of halogens is 2. The Hall–Kier alpha value is -1.66. The molecule has 7 heteroatoms. The maximum atomic E-state index is 13.9. The minimum absolute atomic E-state index is 0.0352.